The summed E-state index contributed by atoms with van der Waals surface area (Å²) in [5.41, 5.74) is 1.84. The van der Waals surface area contributed by atoms with Crippen molar-refractivity contribution < 1.29 is 14.3 Å². The van der Waals surface area contributed by atoms with Gasteiger partial charge in [0.05, 0.1) is 24.9 Å². The van der Waals surface area contributed by atoms with Crippen molar-refractivity contribution in [1.29, 1.82) is 0 Å². The van der Waals surface area contributed by atoms with Gasteiger partial charge in [0.25, 0.3) is 5.91 Å². The van der Waals surface area contributed by atoms with Gasteiger partial charge in [-0.2, -0.15) is 0 Å². The van der Waals surface area contributed by atoms with Crippen LogP contribution in [-0.2, 0) is 6.42 Å². The van der Waals surface area contributed by atoms with Gasteiger partial charge in [0.1, 0.15) is 0 Å². The second kappa shape index (κ2) is 7.70. The fourth-order valence-electron chi connectivity index (χ4n) is 2.24. The Morgan fingerprint density at radius 2 is 2.00 bits per heavy atom. The van der Waals surface area contributed by atoms with Crippen molar-refractivity contribution in [2.45, 2.75) is 6.42 Å². The molecule has 2 aromatic rings. The third kappa shape index (κ3) is 3.85. The monoisotopic (exact) mass is 331 g/mol. The first-order chi connectivity index (χ1) is 11.1. The van der Waals surface area contributed by atoms with Crippen LogP contribution in [0.15, 0.2) is 49.1 Å². The molecule has 0 spiro atoms. The van der Waals surface area contributed by atoms with Crippen molar-refractivity contribution in [2.24, 2.45) is 0 Å². The minimum absolute atomic E-state index is 0.274. The van der Waals surface area contributed by atoms with Crippen LogP contribution in [-0.4, -0.2) is 20.1 Å². The highest BCUT2D eigenvalue weighted by atomic mass is 35.5. The Morgan fingerprint density at radius 1 is 1.26 bits per heavy atom. The number of para-hydroxylation sites is 1. The van der Waals surface area contributed by atoms with Crippen molar-refractivity contribution in [3.05, 3.63) is 65.2 Å². The standard InChI is InChI=1S/C18H18ClNO3/c1-4-7-12-10-13(11-16(22-2)17(12)23-3)18(21)20-15-9-6-5-8-14(15)19/h4-6,8-11H,1,7H2,2-3H3,(H,20,21). The molecule has 1 amide bonds. The highest BCUT2D eigenvalue weighted by Gasteiger charge is 2.16. The van der Waals surface area contributed by atoms with Gasteiger partial charge in [-0.25, -0.2) is 0 Å². The van der Waals surface area contributed by atoms with E-state index in [-0.39, 0.29) is 5.91 Å². The van der Waals surface area contributed by atoms with Gasteiger partial charge in [-0.05, 0) is 30.7 Å². The van der Waals surface area contributed by atoms with E-state index in [1.807, 2.05) is 0 Å². The number of amides is 1. The molecule has 0 saturated heterocycles. The van der Waals surface area contributed by atoms with Gasteiger partial charge in [0.2, 0.25) is 0 Å². The summed E-state index contributed by atoms with van der Waals surface area (Å²) in [4.78, 5) is 12.5. The molecule has 0 aromatic heterocycles. The average molecular weight is 332 g/mol. The van der Waals surface area contributed by atoms with Crippen LogP contribution >= 0.6 is 11.6 Å². The Balaban J connectivity index is 2.38. The van der Waals surface area contributed by atoms with E-state index in [0.717, 1.165) is 5.56 Å². The van der Waals surface area contributed by atoms with Crippen LogP contribution in [0.3, 0.4) is 0 Å². The average Bonchev–Trinajstić information content (AvgIpc) is 2.56. The molecule has 2 rings (SSSR count). The first kappa shape index (κ1) is 16.9. The molecule has 0 heterocycles. The molecule has 0 aliphatic carbocycles. The third-order valence-corrected chi connectivity index (χ3v) is 3.63. The van der Waals surface area contributed by atoms with Crippen molar-refractivity contribution in [2.75, 3.05) is 19.5 Å². The van der Waals surface area contributed by atoms with Crippen LogP contribution in [0.4, 0.5) is 5.69 Å². The Labute approximate surface area is 140 Å². The van der Waals surface area contributed by atoms with Crippen LogP contribution in [0.1, 0.15) is 15.9 Å². The normalized spacial score (nSPS) is 10.0. The number of hydrogen-bond acceptors (Lipinski definition) is 3. The molecule has 0 saturated carbocycles. The lowest BCUT2D eigenvalue weighted by molar-refractivity contribution is 0.102. The van der Waals surface area contributed by atoms with Gasteiger partial charge in [-0.15, -0.1) is 6.58 Å². The fraction of sp³-hybridized carbons (Fsp3) is 0.167. The summed E-state index contributed by atoms with van der Waals surface area (Å²) >= 11 is 6.07. The first-order valence-corrected chi connectivity index (χ1v) is 7.40. The Hall–Kier alpha value is -2.46. The summed E-state index contributed by atoms with van der Waals surface area (Å²) in [7, 11) is 3.10. The van der Waals surface area contributed by atoms with Gasteiger partial charge >= 0.3 is 0 Å². The number of carbonyl (C=O) groups is 1. The van der Waals surface area contributed by atoms with E-state index in [1.165, 1.54) is 7.11 Å². The van der Waals surface area contributed by atoms with Crippen molar-refractivity contribution in [1.82, 2.24) is 0 Å². The quantitative estimate of drug-likeness (QED) is 0.801. The highest BCUT2D eigenvalue weighted by molar-refractivity contribution is 6.33. The number of ether oxygens (including phenoxy) is 2. The summed E-state index contributed by atoms with van der Waals surface area (Å²) in [6.45, 7) is 3.73. The Kier molecular flexibility index (Phi) is 5.66. The van der Waals surface area contributed by atoms with Gasteiger partial charge < -0.3 is 14.8 Å². The summed E-state index contributed by atoms with van der Waals surface area (Å²) < 4.78 is 10.7. The predicted octanol–water partition coefficient (Wildman–Crippen LogP) is 4.34. The van der Waals surface area contributed by atoms with E-state index in [4.69, 9.17) is 21.1 Å². The summed E-state index contributed by atoms with van der Waals surface area (Å²) in [5, 5.41) is 3.27. The minimum atomic E-state index is -0.274. The number of allylic oxidation sites excluding steroid dienone is 1. The van der Waals surface area contributed by atoms with Gasteiger partial charge in [-0.1, -0.05) is 29.8 Å². The molecule has 120 valence electrons. The van der Waals surface area contributed by atoms with Gasteiger partial charge in [0.15, 0.2) is 11.5 Å². The van der Waals surface area contributed by atoms with Crippen LogP contribution in [0, 0.1) is 0 Å². The molecule has 4 nitrogen and oxygen atoms in total. The molecule has 0 fully saturated rings. The zero-order chi connectivity index (χ0) is 16.8. The van der Waals surface area contributed by atoms with Crippen molar-refractivity contribution in [3.63, 3.8) is 0 Å². The molecule has 0 radical (unpaired) electrons. The molecule has 5 heteroatoms. The molecule has 23 heavy (non-hydrogen) atoms. The molecular weight excluding hydrogens is 314 g/mol. The van der Waals surface area contributed by atoms with E-state index in [1.54, 1.807) is 49.6 Å². The number of hydrogen-bond donors (Lipinski definition) is 1. The number of rotatable bonds is 6. The maximum absolute atomic E-state index is 12.5. The second-order valence-corrected chi connectivity index (χ2v) is 5.20. The van der Waals surface area contributed by atoms with Crippen LogP contribution in [0.5, 0.6) is 11.5 Å². The Bertz CT molecular complexity index is 728. The lowest BCUT2D eigenvalue weighted by Gasteiger charge is -2.14. The van der Waals surface area contributed by atoms with Gasteiger partial charge in [0, 0.05) is 11.1 Å². The number of carbonyl (C=O) groups excluding carboxylic acids is 1. The van der Waals surface area contributed by atoms with Crippen molar-refractivity contribution in [3.8, 4) is 11.5 Å². The predicted molar refractivity (Wildman–Crippen MR) is 92.9 cm³/mol. The zero-order valence-electron chi connectivity index (χ0n) is 13.1. The third-order valence-electron chi connectivity index (χ3n) is 3.30. The molecule has 1 N–H and O–H groups in total. The molecule has 0 bridgehead atoms. The maximum atomic E-state index is 12.5. The van der Waals surface area contributed by atoms with E-state index in [0.29, 0.717) is 34.2 Å². The van der Waals surface area contributed by atoms with E-state index < -0.39 is 0 Å². The number of anilines is 1. The maximum Gasteiger partial charge on any atom is 0.255 e. The molecule has 0 aliphatic heterocycles. The number of benzene rings is 2. The summed E-state index contributed by atoms with van der Waals surface area (Å²) in [5.74, 6) is 0.821. The first-order valence-electron chi connectivity index (χ1n) is 7.02. The number of methoxy groups -OCH3 is 2. The smallest absolute Gasteiger partial charge is 0.255 e. The lowest BCUT2D eigenvalue weighted by atomic mass is 10.0. The topological polar surface area (TPSA) is 47.6 Å². The number of halogens is 1. The van der Waals surface area contributed by atoms with E-state index in [9.17, 15) is 4.79 Å². The SMILES string of the molecule is C=CCc1cc(C(=O)Nc2ccccc2Cl)cc(OC)c1OC. The Morgan fingerprint density at radius 3 is 2.61 bits per heavy atom. The van der Waals surface area contributed by atoms with Gasteiger partial charge in [-0.3, -0.25) is 4.79 Å². The van der Waals surface area contributed by atoms with Crippen LogP contribution in [0.25, 0.3) is 0 Å². The molecule has 0 aliphatic rings. The zero-order valence-corrected chi connectivity index (χ0v) is 13.8. The fourth-order valence-corrected chi connectivity index (χ4v) is 2.42. The van der Waals surface area contributed by atoms with Crippen molar-refractivity contribution >= 4 is 23.2 Å². The van der Waals surface area contributed by atoms with Crippen LogP contribution < -0.4 is 14.8 Å². The van der Waals surface area contributed by atoms with Crippen LogP contribution in [0.2, 0.25) is 5.02 Å². The van der Waals surface area contributed by atoms with E-state index in [2.05, 4.69) is 11.9 Å². The molecular formula is C18H18ClNO3. The largest absolute Gasteiger partial charge is 0.493 e. The molecule has 2 aromatic carbocycles. The molecule has 0 unspecified atom stereocenters. The minimum Gasteiger partial charge on any atom is -0.493 e. The summed E-state index contributed by atoms with van der Waals surface area (Å²) in [6.07, 6.45) is 2.31. The summed E-state index contributed by atoms with van der Waals surface area (Å²) in [6, 6.07) is 10.5. The lowest BCUT2D eigenvalue weighted by Crippen LogP contribution is -2.13. The highest BCUT2D eigenvalue weighted by Crippen LogP contribution is 2.33. The number of nitrogens with one attached hydrogen (secondary N) is 1. The van der Waals surface area contributed by atoms with E-state index >= 15 is 0 Å². The molecule has 0 atom stereocenters. The second-order valence-electron chi connectivity index (χ2n) is 4.80.